The van der Waals surface area contributed by atoms with Crippen LogP contribution in [0, 0.1) is 18.2 Å². The van der Waals surface area contributed by atoms with Crippen molar-refractivity contribution >= 4 is 11.9 Å². The third-order valence-electron chi connectivity index (χ3n) is 3.15. The van der Waals surface area contributed by atoms with Gasteiger partial charge in [-0.15, -0.1) is 0 Å². The molecule has 0 bridgehead atoms. The first-order valence-corrected chi connectivity index (χ1v) is 5.96. The predicted octanol–water partition coefficient (Wildman–Crippen LogP) is 2.42. The first-order valence-electron chi connectivity index (χ1n) is 5.96. The number of hydrogen-bond acceptors (Lipinski definition) is 2. The highest BCUT2D eigenvalue weighted by molar-refractivity contribution is 6.01. The number of halogens is 1. The summed E-state index contributed by atoms with van der Waals surface area (Å²) in [5.74, 6) is -2.16. The second-order valence-electron chi connectivity index (χ2n) is 5.13. The molecule has 5 heteroatoms. The van der Waals surface area contributed by atoms with Crippen LogP contribution in [-0.4, -0.2) is 17.0 Å². The zero-order chi connectivity index (χ0) is 14.8. The molecule has 4 nitrogen and oxygen atoms in total. The standard InChI is InChI=1S/C14H18FNO3/c1-8-5-6-10(7-11(8)15)9(2)16-12(17)14(3,4)13(18)19/h5-7,9H,1-4H3,(H,16,17)(H,18,19). The molecule has 0 aliphatic heterocycles. The number of aliphatic carboxylic acids is 1. The quantitative estimate of drug-likeness (QED) is 0.823. The van der Waals surface area contributed by atoms with E-state index in [-0.39, 0.29) is 5.82 Å². The minimum Gasteiger partial charge on any atom is -0.480 e. The molecule has 1 aromatic rings. The lowest BCUT2D eigenvalue weighted by Crippen LogP contribution is -2.43. The number of carbonyl (C=O) groups excluding carboxylic acids is 1. The van der Waals surface area contributed by atoms with Crippen LogP contribution >= 0.6 is 0 Å². The predicted molar refractivity (Wildman–Crippen MR) is 69.1 cm³/mol. The lowest BCUT2D eigenvalue weighted by Gasteiger charge is -2.22. The SMILES string of the molecule is Cc1ccc(C(C)NC(=O)C(C)(C)C(=O)O)cc1F. The van der Waals surface area contributed by atoms with E-state index < -0.39 is 23.3 Å². The highest BCUT2D eigenvalue weighted by Crippen LogP contribution is 2.20. The van der Waals surface area contributed by atoms with Crippen LogP contribution in [-0.2, 0) is 9.59 Å². The fourth-order valence-corrected chi connectivity index (χ4v) is 1.44. The summed E-state index contributed by atoms with van der Waals surface area (Å²) in [6, 6.07) is 4.21. The van der Waals surface area contributed by atoms with Gasteiger partial charge < -0.3 is 10.4 Å². The van der Waals surface area contributed by atoms with Crippen molar-refractivity contribution in [2.24, 2.45) is 5.41 Å². The van der Waals surface area contributed by atoms with E-state index in [9.17, 15) is 14.0 Å². The van der Waals surface area contributed by atoms with Crippen molar-refractivity contribution in [2.75, 3.05) is 0 Å². The molecule has 1 aromatic carbocycles. The number of rotatable bonds is 4. The Morgan fingerprint density at radius 3 is 2.42 bits per heavy atom. The third-order valence-corrected chi connectivity index (χ3v) is 3.15. The van der Waals surface area contributed by atoms with E-state index in [1.165, 1.54) is 19.9 Å². The first kappa shape index (κ1) is 15.1. The maximum absolute atomic E-state index is 13.4. The van der Waals surface area contributed by atoms with Crippen LogP contribution in [0.15, 0.2) is 18.2 Å². The molecule has 0 spiro atoms. The van der Waals surface area contributed by atoms with Gasteiger partial charge >= 0.3 is 5.97 Å². The summed E-state index contributed by atoms with van der Waals surface area (Å²) >= 11 is 0. The molecule has 19 heavy (non-hydrogen) atoms. The van der Waals surface area contributed by atoms with Crippen LogP contribution < -0.4 is 5.32 Å². The van der Waals surface area contributed by atoms with E-state index in [0.717, 1.165) is 0 Å². The summed E-state index contributed by atoms with van der Waals surface area (Å²) in [4.78, 5) is 22.8. The van der Waals surface area contributed by atoms with E-state index >= 15 is 0 Å². The van der Waals surface area contributed by atoms with Gasteiger partial charge in [-0.25, -0.2) is 4.39 Å². The van der Waals surface area contributed by atoms with Crippen LogP contribution in [0.3, 0.4) is 0 Å². The Morgan fingerprint density at radius 2 is 1.95 bits per heavy atom. The molecule has 0 radical (unpaired) electrons. The average molecular weight is 267 g/mol. The minimum absolute atomic E-state index is 0.351. The number of carboxylic acid groups (broad SMARTS) is 1. The van der Waals surface area contributed by atoms with Crippen molar-refractivity contribution in [3.05, 3.63) is 35.1 Å². The molecule has 1 atom stereocenters. The second-order valence-corrected chi connectivity index (χ2v) is 5.13. The maximum atomic E-state index is 13.4. The fraction of sp³-hybridized carbons (Fsp3) is 0.429. The van der Waals surface area contributed by atoms with Gasteiger partial charge in [-0.2, -0.15) is 0 Å². The van der Waals surface area contributed by atoms with Crippen molar-refractivity contribution in [3.63, 3.8) is 0 Å². The molecule has 0 aliphatic rings. The number of amides is 1. The molecule has 1 rings (SSSR count). The number of carboxylic acids is 1. The summed E-state index contributed by atoms with van der Waals surface area (Å²) in [6.45, 7) is 5.98. The Kier molecular flexibility index (Phi) is 4.29. The van der Waals surface area contributed by atoms with Crippen molar-refractivity contribution in [2.45, 2.75) is 33.7 Å². The van der Waals surface area contributed by atoms with Crippen molar-refractivity contribution in [1.29, 1.82) is 0 Å². The third kappa shape index (κ3) is 3.30. The molecule has 0 aromatic heterocycles. The minimum atomic E-state index is -1.52. The first-order chi connectivity index (χ1) is 8.66. The van der Waals surface area contributed by atoms with Gasteiger partial charge in [0.15, 0.2) is 0 Å². The fourth-order valence-electron chi connectivity index (χ4n) is 1.44. The Labute approximate surface area is 111 Å². The molecular formula is C14H18FNO3. The van der Waals surface area contributed by atoms with Crippen LogP contribution in [0.2, 0.25) is 0 Å². The van der Waals surface area contributed by atoms with Crippen LogP contribution in [0.4, 0.5) is 4.39 Å². The number of hydrogen-bond donors (Lipinski definition) is 2. The topological polar surface area (TPSA) is 66.4 Å². The van der Waals surface area contributed by atoms with Crippen molar-refractivity contribution in [3.8, 4) is 0 Å². The normalized spacial score (nSPS) is 12.9. The smallest absolute Gasteiger partial charge is 0.318 e. The largest absolute Gasteiger partial charge is 0.480 e. The van der Waals surface area contributed by atoms with Gasteiger partial charge in [0.2, 0.25) is 5.91 Å². The molecule has 2 N–H and O–H groups in total. The molecule has 1 unspecified atom stereocenters. The summed E-state index contributed by atoms with van der Waals surface area (Å²) in [5.41, 5.74) is -0.400. The van der Waals surface area contributed by atoms with E-state index in [1.807, 2.05) is 0 Å². The van der Waals surface area contributed by atoms with Gasteiger partial charge in [0, 0.05) is 0 Å². The van der Waals surface area contributed by atoms with Crippen LogP contribution in [0.1, 0.15) is 37.9 Å². The maximum Gasteiger partial charge on any atom is 0.318 e. The Bertz CT molecular complexity index is 511. The molecule has 104 valence electrons. The molecule has 1 amide bonds. The highest BCUT2D eigenvalue weighted by atomic mass is 19.1. The Hall–Kier alpha value is -1.91. The number of benzene rings is 1. The van der Waals surface area contributed by atoms with Crippen LogP contribution in [0.5, 0.6) is 0 Å². The van der Waals surface area contributed by atoms with E-state index in [4.69, 9.17) is 5.11 Å². The van der Waals surface area contributed by atoms with E-state index in [2.05, 4.69) is 5.32 Å². The van der Waals surface area contributed by atoms with E-state index in [1.54, 1.807) is 26.0 Å². The van der Waals surface area contributed by atoms with Crippen molar-refractivity contribution < 1.29 is 19.1 Å². The molecule has 0 saturated carbocycles. The lowest BCUT2D eigenvalue weighted by atomic mass is 9.92. The lowest BCUT2D eigenvalue weighted by molar-refractivity contribution is -0.153. The summed E-state index contributed by atoms with van der Waals surface area (Å²) in [7, 11) is 0. The molecular weight excluding hydrogens is 249 g/mol. The van der Waals surface area contributed by atoms with Crippen LogP contribution in [0.25, 0.3) is 0 Å². The Balaban J connectivity index is 2.85. The number of nitrogens with one attached hydrogen (secondary N) is 1. The summed E-state index contributed by atoms with van der Waals surface area (Å²) < 4.78 is 13.4. The average Bonchev–Trinajstić information content (AvgIpc) is 2.32. The number of aryl methyl sites for hydroxylation is 1. The zero-order valence-corrected chi connectivity index (χ0v) is 11.5. The monoisotopic (exact) mass is 267 g/mol. The molecule has 0 saturated heterocycles. The highest BCUT2D eigenvalue weighted by Gasteiger charge is 2.36. The summed E-state index contributed by atoms with van der Waals surface area (Å²) in [5, 5.41) is 11.5. The van der Waals surface area contributed by atoms with Gasteiger partial charge in [-0.05, 0) is 44.9 Å². The van der Waals surface area contributed by atoms with Gasteiger partial charge in [0.05, 0.1) is 6.04 Å². The zero-order valence-electron chi connectivity index (χ0n) is 11.5. The Morgan fingerprint density at radius 1 is 1.37 bits per heavy atom. The summed E-state index contributed by atoms with van der Waals surface area (Å²) in [6.07, 6.45) is 0. The number of carbonyl (C=O) groups is 2. The van der Waals surface area contributed by atoms with Gasteiger partial charge in [-0.3, -0.25) is 9.59 Å². The van der Waals surface area contributed by atoms with Gasteiger partial charge in [0.25, 0.3) is 0 Å². The van der Waals surface area contributed by atoms with Gasteiger partial charge in [-0.1, -0.05) is 12.1 Å². The van der Waals surface area contributed by atoms with Gasteiger partial charge in [0.1, 0.15) is 11.2 Å². The molecule has 0 aliphatic carbocycles. The molecule has 0 fully saturated rings. The van der Waals surface area contributed by atoms with E-state index in [0.29, 0.717) is 11.1 Å². The van der Waals surface area contributed by atoms with Crippen molar-refractivity contribution in [1.82, 2.24) is 5.32 Å². The molecule has 0 heterocycles. The second kappa shape index (κ2) is 5.38.